The van der Waals surface area contributed by atoms with E-state index in [1.165, 1.54) is 18.2 Å². The fourth-order valence-electron chi connectivity index (χ4n) is 3.11. The van der Waals surface area contributed by atoms with Crippen LogP contribution in [0.4, 0.5) is 10.1 Å². The number of hydrogen-bond donors (Lipinski definition) is 2. The van der Waals surface area contributed by atoms with Gasteiger partial charge in [0.15, 0.2) is 0 Å². The molecule has 5 nitrogen and oxygen atoms in total. The van der Waals surface area contributed by atoms with E-state index in [2.05, 4.69) is 5.32 Å². The molecule has 2 unspecified atom stereocenters. The van der Waals surface area contributed by atoms with Crippen LogP contribution in [0.2, 0.25) is 0 Å². The highest BCUT2D eigenvalue weighted by Crippen LogP contribution is 2.29. The van der Waals surface area contributed by atoms with Crippen molar-refractivity contribution >= 4 is 17.5 Å². The number of anilines is 1. The molecule has 2 aliphatic rings. The Balaban J connectivity index is 1.88. The molecule has 20 heavy (non-hydrogen) atoms. The van der Waals surface area contributed by atoms with E-state index in [0.29, 0.717) is 13.1 Å². The number of rotatable bonds is 1. The zero-order chi connectivity index (χ0) is 14.3. The van der Waals surface area contributed by atoms with E-state index in [4.69, 9.17) is 5.73 Å². The molecule has 0 aromatic heterocycles. The van der Waals surface area contributed by atoms with Gasteiger partial charge >= 0.3 is 0 Å². The topological polar surface area (TPSA) is 75.4 Å². The molecule has 2 heterocycles. The zero-order valence-electron chi connectivity index (χ0n) is 10.9. The van der Waals surface area contributed by atoms with Gasteiger partial charge in [0.05, 0.1) is 12.0 Å². The molecule has 6 heteroatoms. The number of carbonyl (C=O) groups excluding carboxylic acids is 2. The fraction of sp³-hybridized carbons (Fsp3) is 0.429. The van der Waals surface area contributed by atoms with Crippen molar-refractivity contribution in [3.63, 3.8) is 0 Å². The number of nitrogens with zero attached hydrogens (tertiary/aromatic N) is 1. The molecular formula is C14H16FN3O2. The first-order chi connectivity index (χ1) is 9.56. The van der Waals surface area contributed by atoms with Gasteiger partial charge < -0.3 is 16.0 Å². The number of benzene rings is 1. The SMILES string of the molecule is Nc1cc(F)cc(C(=O)N2CCCC3C(=O)NCC32)c1. The summed E-state index contributed by atoms with van der Waals surface area (Å²) in [6.07, 6.45) is 1.58. The highest BCUT2D eigenvalue weighted by Gasteiger charge is 2.42. The second-order valence-corrected chi connectivity index (χ2v) is 5.33. The van der Waals surface area contributed by atoms with Crippen molar-refractivity contribution in [3.05, 3.63) is 29.6 Å². The van der Waals surface area contributed by atoms with Crippen LogP contribution in [-0.4, -0.2) is 35.8 Å². The Hall–Kier alpha value is -2.11. The molecular weight excluding hydrogens is 261 g/mol. The van der Waals surface area contributed by atoms with Gasteiger partial charge in [0.25, 0.3) is 5.91 Å². The lowest BCUT2D eigenvalue weighted by Crippen LogP contribution is -2.48. The van der Waals surface area contributed by atoms with E-state index in [1.54, 1.807) is 4.90 Å². The van der Waals surface area contributed by atoms with Crippen LogP contribution >= 0.6 is 0 Å². The number of piperidine rings is 1. The molecule has 0 radical (unpaired) electrons. The summed E-state index contributed by atoms with van der Waals surface area (Å²) in [4.78, 5) is 25.9. The molecule has 106 valence electrons. The average molecular weight is 277 g/mol. The number of carbonyl (C=O) groups is 2. The summed E-state index contributed by atoms with van der Waals surface area (Å²) in [6, 6.07) is 3.70. The van der Waals surface area contributed by atoms with Crippen molar-refractivity contribution in [2.75, 3.05) is 18.8 Å². The van der Waals surface area contributed by atoms with Gasteiger partial charge in [-0.15, -0.1) is 0 Å². The summed E-state index contributed by atoms with van der Waals surface area (Å²) in [7, 11) is 0. The van der Waals surface area contributed by atoms with Gasteiger partial charge in [0.1, 0.15) is 5.82 Å². The van der Waals surface area contributed by atoms with Crippen LogP contribution in [0.5, 0.6) is 0 Å². The Morgan fingerprint density at radius 2 is 2.20 bits per heavy atom. The Labute approximate surface area is 115 Å². The Kier molecular flexibility index (Phi) is 3.08. The van der Waals surface area contributed by atoms with Crippen LogP contribution in [0.1, 0.15) is 23.2 Å². The standard InChI is InChI=1S/C14H16FN3O2/c15-9-4-8(5-10(16)6-9)14(20)18-3-1-2-11-12(18)7-17-13(11)19/h4-6,11-12H,1-3,7,16H2,(H,17,19). The Bertz CT molecular complexity index is 555. The van der Waals surface area contributed by atoms with Gasteiger partial charge in [-0.05, 0) is 31.0 Å². The number of nitrogens with two attached hydrogens (primary N) is 1. The van der Waals surface area contributed by atoms with E-state index >= 15 is 0 Å². The minimum atomic E-state index is -0.525. The van der Waals surface area contributed by atoms with Gasteiger partial charge in [0, 0.05) is 24.3 Å². The second kappa shape index (κ2) is 4.77. The normalized spacial score (nSPS) is 25.2. The number of likely N-dealkylation sites (tertiary alicyclic amines) is 1. The first kappa shape index (κ1) is 12.9. The molecule has 2 saturated heterocycles. The first-order valence-corrected chi connectivity index (χ1v) is 6.71. The monoisotopic (exact) mass is 277 g/mol. The van der Waals surface area contributed by atoms with E-state index in [0.717, 1.165) is 12.8 Å². The zero-order valence-corrected chi connectivity index (χ0v) is 10.9. The first-order valence-electron chi connectivity index (χ1n) is 6.71. The van der Waals surface area contributed by atoms with Crippen LogP contribution in [-0.2, 0) is 4.79 Å². The number of amides is 2. The van der Waals surface area contributed by atoms with Crippen LogP contribution in [0, 0.1) is 11.7 Å². The fourth-order valence-corrected chi connectivity index (χ4v) is 3.11. The Morgan fingerprint density at radius 1 is 1.40 bits per heavy atom. The van der Waals surface area contributed by atoms with Crippen molar-refractivity contribution in [3.8, 4) is 0 Å². The molecule has 0 spiro atoms. The quantitative estimate of drug-likeness (QED) is 0.744. The predicted octanol–water partition coefficient (Wildman–Crippen LogP) is 0.758. The molecule has 1 aromatic carbocycles. The molecule has 0 saturated carbocycles. The van der Waals surface area contributed by atoms with Crippen LogP contribution in [0.15, 0.2) is 18.2 Å². The molecule has 2 aliphatic heterocycles. The lowest BCUT2D eigenvalue weighted by atomic mass is 9.91. The summed E-state index contributed by atoms with van der Waals surface area (Å²) in [6.45, 7) is 1.06. The van der Waals surface area contributed by atoms with E-state index in [1.807, 2.05) is 0 Å². The minimum absolute atomic E-state index is 0.00579. The van der Waals surface area contributed by atoms with Crippen LogP contribution < -0.4 is 11.1 Å². The average Bonchev–Trinajstić information content (AvgIpc) is 2.79. The van der Waals surface area contributed by atoms with E-state index in [9.17, 15) is 14.0 Å². The van der Waals surface area contributed by atoms with Gasteiger partial charge in [0.2, 0.25) is 5.91 Å². The largest absolute Gasteiger partial charge is 0.399 e. The molecule has 2 fully saturated rings. The number of nitrogens with one attached hydrogen (secondary N) is 1. The maximum absolute atomic E-state index is 13.4. The second-order valence-electron chi connectivity index (χ2n) is 5.33. The van der Waals surface area contributed by atoms with Gasteiger partial charge in [-0.2, -0.15) is 0 Å². The van der Waals surface area contributed by atoms with Crippen molar-refractivity contribution < 1.29 is 14.0 Å². The predicted molar refractivity (Wildman–Crippen MR) is 71.4 cm³/mol. The molecule has 3 rings (SSSR count). The Morgan fingerprint density at radius 3 is 2.95 bits per heavy atom. The maximum atomic E-state index is 13.4. The lowest BCUT2D eigenvalue weighted by molar-refractivity contribution is -0.123. The summed E-state index contributed by atoms with van der Waals surface area (Å²) < 4.78 is 13.4. The number of nitrogen functional groups attached to an aromatic ring is 1. The third kappa shape index (κ3) is 2.11. The van der Waals surface area contributed by atoms with Crippen molar-refractivity contribution in [1.82, 2.24) is 10.2 Å². The van der Waals surface area contributed by atoms with Gasteiger partial charge in [-0.3, -0.25) is 9.59 Å². The van der Waals surface area contributed by atoms with Crippen molar-refractivity contribution in [1.29, 1.82) is 0 Å². The van der Waals surface area contributed by atoms with Crippen LogP contribution in [0.25, 0.3) is 0 Å². The van der Waals surface area contributed by atoms with Crippen molar-refractivity contribution in [2.24, 2.45) is 5.92 Å². The lowest BCUT2D eigenvalue weighted by Gasteiger charge is -2.36. The summed E-state index contributed by atoms with van der Waals surface area (Å²) >= 11 is 0. The highest BCUT2D eigenvalue weighted by atomic mass is 19.1. The molecule has 0 aliphatic carbocycles. The number of halogens is 1. The number of fused-ring (bicyclic) bond motifs is 1. The maximum Gasteiger partial charge on any atom is 0.254 e. The van der Waals surface area contributed by atoms with Crippen molar-refractivity contribution in [2.45, 2.75) is 18.9 Å². The molecule has 2 atom stereocenters. The third-order valence-electron chi connectivity index (χ3n) is 4.03. The van der Waals surface area contributed by atoms with E-state index < -0.39 is 5.82 Å². The summed E-state index contributed by atoms with van der Waals surface area (Å²) in [5.74, 6) is -0.921. The minimum Gasteiger partial charge on any atom is -0.399 e. The van der Waals surface area contributed by atoms with Gasteiger partial charge in [-0.1, -0.05) is 0 Å². The summed E-state index contributed by atoms with van der Waals surface area (Å²) in [5.41, 5.74) is 6.04. The molecule has 2 amide bonds. The molecule has 0 bridgehead atoms. The highest BCUT2D eigenvalue weighted by molar-refractivity contribution is 5.96. The molecule has 1 aromatic rings. The van der Waals surface area contributed by atoms with Gasteiger partial charge in [-0.25, -0.2) is 4.39 Å². The third-order valence-corrected chi connectivity index (χ3v) is 4.03. The van der Waals surface area contributed by atoms with E-state index in [-0.39, 0.29) is 35.0 Å². The smallest absolute Gasteiger partial charge is 0.254 e. The summed E-state index contributed by atoms with van der Waals surface area (Å²) in [5, 5.41) is 2.79. The number of hydrogen-bond acceptors (Lipinski definition) is 3. The van der Waals surface area contributed by atoms with Crippen LogP contribution in [0.3, 0.4) is 0 Å². The molecule has 3 N–H and O–H groups in total.